The molecule has 1 N–H and O–H groups in total. The van der Waals surface area contributed by atoms with Crippen molar-refractivity contribution in [1.82, 2.24) is 4.98 Å². The number of anilines is 1. The van der Waals surface area contributed by atoms with E-state index in [2.05, 4.69) is 30.2 Å². The summed E-state index contributed by atoms with van der Waals surface area (Å²) in [5.74, 6) is 0.958. The third kappa shape index (κ3) is 2.98. The summed E-state index contributed by atoms with van der Waals surface area (Å²) >= 11 is 1.67. The standard InChI is InChI=1S/C14H20N2O2S/c1-5-18-11-8-9(2)12-13(10(11)3)19-14(16-12)15-6-7-17-4/h8H,5-7H2,1-4H3,(H,15,16). The van der Waals surface area contributed by atoms with Gasteiger partial charge in [0.15, 0.2) is 5.13 Å². The second-order valence-electron chi connectivity index (χ2n) is 4.37. The smallest absolute Gasteiger partial charge is 0.183 e. The van der Waals surface area contributed by atoms with Gasteiger partial charge in [0.05, 0.1) is 23.4 Å². The van der Waals surface area contributed by atoms with Crippen molar-refractivity contribution in [3.63, 3.8) is 0 Å². The van der Waals surface area contributed by atoms with E-state index in [9.17, 15) is 0 Å². The molecule has 0 bridgehead atoms. The maximum Gasteiger partial charge on any atom is 0.183 e. The molecular formula is C14H20N2O2S. The summed E-state index contributed by atoms with van der Waals surface area (Å²) in [6, 6.07) is 2.07. The lowest BCUT2D eigenvalue weighted by molar-refractivity contribution is 0.211. The van der Waals surface area contributed by atoms with E-state index >= 15 is 0 Å². The van der Waals surface area contributed by atoms with E-state index in [1.54, 1.807) is 18.4 Å². The van der Waals surface area contributed by atoms with Gasteiger partial charge in [-0.15, -0.1) is 0 Å². The van der Waals surface area contributed by atoms with Gasteiger partial charge in [-0.25, -0.2) is 4.98 Å². The molecule has 2 aromatic rings. The Kier molecular flexibility index (Phi) is 4.61. The summed E-state index contributed by atoms with van der Waals surface area (Å²) in [5, 5.41) is 4.22. The van der Waals surface area contributed by atoms with Crippen LogP contribution >= 0.6 is 11.3 Å². The Balaban J connectivity index is 2.35. The summed E-state index contributed by atoms with van der Waals surface area (Å²) in [5.41, 5.74) is 3.38. The molecule has 0 atom stereocenters. The Hall–Kier alpha value is -1.33. The molecule has 1 aromatic heterocycles. The molecule has 0 saturated heterocycles. The van der Waals surface area contributed by atoms with E-state index in [0.717, 1.165) is 28.5 Å². The Morgan fingerprint density at radius 3 is 2.84 bits per heavy atom. The van der Waals surface area contributed by atoms with Crippen LogP contribution in [0.1, 0.15) is 18.1 Å². The number of nitrogens with zero attached hydrogens (tertiary/aromatic N) is 1. The number of thiazole rings is 1. The fourth-order valence-electron chi connectivity index (χ4n) is 1.97. The predicted octanol–water partition coefficient (Wildman–Crippen LogP) is 3.37. The predicted molar refractivity (Wildman–Crippen MR) is 80.6 cm³/mol. The maximum absolute atomic E-state index is 5.67. The minimum Gasteiger partial charge on any atom is -0.494 e. The van der Waals surface area contributed by atoms with Crippen molar-refractivity contribution in [2.45, 2.75) is 20.8 Å². The van der Waals surface area contributed by atoms with Crippen LogP contribution in [0.25, 0.3) is 10.2 Å². The second-order valence-corrected chi connectivity index (χ2v) is 5.37. The lowest BCUT2D eigenvalue weighted by Crippen LogP contribution is -2.06. The van der Waals surface area contributed by atoms with Crippen molar-refractivity contribution in [1.29, 1.82) is 0 Å². The fraction of sp³-hybridized carbons (Fsp3) is 0.500. The van der Waals surface area contributed by atoms with Gasteiger partial charge in [-0.3, -0.25) is 0 Å². The van der Waals surface area contributed by atoms with Gasteiger partial charge in [-0.1, -0.05) is 11.3 Å². The number of aromatic nitrogens is 1. The first-order chi connectivity index (χ1) is 9.17. The van der Waals surface area contributed by atoms with Crippen LogP contribution in [0.5, 0.6) is 5.75 Å². The van der Waals surface area contributed by atoms with E-state index in [-0.39, 0.29) is 0 Å². The number of rotatable bonds is 6. The topological polar surface area (TPSA) is 43.4 Å². The highest BCUT2D eigenvalue weighted by molar-refractivity contribution is 7.22. The molecule has 2 rings (SSSR count). The van der Waals surface area contributed by atoms with Gasteiger partial charge in [-0.05, 0) is 32.4 Å². The average molecular weight is 280 g/mol. The number of methoxy groups -OCH3 is 1. The van der Waals surface area contributed by atoms with E-state index in [4.69, 9.17) is 9.47 Å². The Bertz CT molecular complexity index is 566. The van der Waals surface area contributed by atoms with Gasteiger partial charge in [-0.2, -0.15) is 0 Å². The first-order valence-electron chi connectivity index (χ1n) is 6.43. The van der Waals surface area contributed by atoms with Crippen molar-refractivity contribution >= 4 is 26.7 Å². The van der Waals surface area contributed by atoms with Crippen LogP contribution in [0.3, 0.4) is 0 Å². The normalized spacial score (nSPS) is 10.9. The van der Waals surface area contributed by atoms with E-state index in [0.29, 0.717) is 13.2 Å². The number of hydrogen-bond donors (Lipinski definition) is 1. The van der Waals surface area contributed by atoms with E-state index in [1.165, 1.54) is 10.3 Å². The third-order valence-corrected chi connectivity index (χ3v) is 4.07. The zero-order valence-corrected chi connectivity index (χ0v) is 12.7. The van der Waals surface area contributed by atoms with Gasteiger partial charge in [0.2, 0.25) is 0 Å². The third-order valence-electron chi connectivity index (χ3n) is 2.94. The molecule has 19 heavy (non-hydrogen) atoms. The Morgan fingerprint density at radius 1 is 1.37 bits per heavy atom. The van der Waals surface area contributed by atoms with E-state index in [1.807, 2.05) is 6.92 Å². The molecule has 4 nitrogen and oxygen atoms in total. The molecule has 0 spiro atoms. The summed E-state index contributed by atoms with van der Waals surface area (Å²) in [6.07, 6.45) is 0. The number of hydrogen-bond acceptors (Lipinski definition) is 5. The molecule has 0 radical (unpaired) electrons. The minimum absolute atomic E-state index is 0.679. The summed E-state index contributed by atoms with van der Waals surface area (Å²) in [4.78, 5) is 4.64. The van der Waals surface area contributed by atoms with Gasteiger partial charge in [0, 0.05) is 19.2 Å². The zero-order valence-electron chi connectivity index (χ0n) is 11.9. The monoisotopic (exact) mass is 280 g/mol. The van der Waals surface area contributed by atoms with Gasteiger partial charge < -0.3 is 14.8 Å². The largest absolute Gasteiger partial charge is 0.494 e. The molecule has 0 saturated carbocycles. The molecule has 0 aliphatic carbocycles. The van der Waals surface area contributed by atoms with Crippen molar-refractivity contribution in [2.75, 3.05) is 32.2 Å². The van der Waals surface area contributed by atoms with Crippen LogP contribution in [0.15, 0.2) is 6.07 Å². The number of nitrogens with one attached hydrogen (secondary N) is 1. The highest BCUT2D eigenvalue weighted by atomic mass is 32.1. The number of ether oxygens (including phenoxy) is 2. The molecule has 0 aliphatic rings. The minimum atomic E-state index is 0.679. The van der Waals surface area contributed by atoms with Crippen LogP contribution in [-0.2, 0) is 4.74 Å². The van der Waals surface area contributed by atoms with Crippen LogP contribution in [-0.4, -0.2) is 31.9 Å². The Labute approximate surface area is 117 Å². The fourth-order valence-corrected chi connectivity index (χ4v) is 3.03. The van der Waals surface area contributed by atoms with E-state index < -0.39 is 0 Å². The van der Waals surface area contributed by atoms with Crippen LogP contribution < -0.4 is 10.1 Å². The SMILES string of the molecule is CCOc1cc(C)c2nc(NCCOC)sc2c1C. The molecular weight excluding hydrogens is 260 g/mol. The number of benzene rings is 1. The van der Waals surface area contributed by atoms with Crippen LogP contribution in [0, 0.1) is 13.8 Å². The van der Waals surface area contributed by atoms with Crippen LogP contribution in [0.2, 0.25) is 0 Å². The first-order valence-corrected chi connectivity index (χ1v) is 7.25. The maximum atomic E-state index is 5.67. The zero-order chi connectivity index (χ0) is 13.8. The second kappa shape index (κ2) is 6.21. The highest BCUT2D eigenvalue weighted by Crippen LogP contribution is 2.36. The molecule has 0 amide bonds. The Morgan fingerprint density at radius 2 is 2.16 bits per heavy atom. The number of aryl methyl sites for hydroxylation is 2. The molecule has 0 aliphatic heterocycles. The molecule has 0 fully saturated rings. The summed E-state index contributed by atoms with van der Waals surface area (Å²) in [7, 11) is 1.70. The van der Waals surface area contributed by atoms with Crippen LogP contribution in [0.4, 0.5) is 5.13 Å². The first kappa shape index (κ1) is 14.1. The lowest BCUT2D eigenvalue weighted by Gasteiger charge is -2.08. The summed E-state index contributed by atoms with van der Waals surface area (Å²) in [6.45, 7) is 8.30. The van der Waals surface area contributed by atoms with Crippen molar-refractivity contribution < 1.29 is 9.47 Å². The summed E-state index contributed by atoms with van der Waals surface area (Å²) < 4.78 is 11.9. The van der Waals surface area contributed by atoms with Crippen molar-refractivity contribution in [3.8, 4) is 5.75 Å². The highest BCUT2D eigenvalue weighted by Gasteiger charge is 2.12. The quantitative estimate of drug-likeness (QED) is 0.824. The number of fused-ring (bicyclic) bond motifs is 1. The molecule has 1 heterocycles. The van der Waals surface area contributed by atoms with Gasteiger partial charge in [0.25, 0.3) is 0 Å². The van der Waals surface area contributed by atoms with Crippen molar-refractivity contribution in [3.05, 3.63) is 17.2 Å². The average Bonchev–Trinajstić information content (AvgIpc) is 2.81. The molecule has 5 heteroatoms. The van der Waals surface area contributed by atoms with Crippen molar-refractivity contribution in [2.24, 2.45) is 0 Å². The molecule has 0 unspecified atom stereocenters. The lowest BCUT2D eigenvalue weighted by atomic mass is 10.1. The molecule has 104 valence electrons. The van der Waals surface area contributed by atoms with Gasteiger partial charge >= 0.3 is 0 Å². The molecule has 1 aromatic carbocycles. The van der Waals surface area contributed by atoms with Gasteiger partial charge in [0.1, 0.15) is 5.75 Å².